The average molecular weight is 761 g/mol. The maximum absolute atomic E-state index is 12.9. The molecule has 0 atom stereocenters. The van der Waals surface area contributed by atoms with Crippen LogP contribution in [0.1, 0.15) is 47.9 Å². The highest BCUT2D eigenvalue weighted by Crippen LogP contribution is 2.31. The lowest BCUT2D eigenvalue weighted by atomic mass is 9.82. The molecule has 1 saturated carbocycles. The molecule has 10 heteroatoms. The van der Waals surface area contributed by atoms with Crippen molar-refractivity contribution in [2.75, 3.05) is 67.1 Å². The van der Waals surface area contributed by atoms with E-state index in [1.54, 1.807) is 38.5 Å². The zero-order valence-electron chi connectivity index (χ0n) is 32.0. The molecule has 1 aliphatic carbocycles. The van der Waals surface area contributed by atoms with Gasteiger partial charge in [0.05, 0.1) is 51.5 Å². The number of hydrogen-bond acceptors (Lipinski definition) is 10. The number of ether oxygens (including phenoxy) is 8. The van der Waals surface area contributed by atoms with Crippen LogP contribution in [0, 0.1) is 35.5 Å². The van der Waals surface area contributed by atoms with Crippen LogP contribution < -0.4 is 18.9 Å². The van der Waals surface area contributed by atoms with Crippen molar-refractivity contribution in [3.05, 3.63) is 119 Å². The zero-order chi connectivity index (χ0) is 39.2. The Morgan fingerprint density at radius 3 is 1.02 bits per heavy atom. The SMILES string of the molecule is COCCOCCOc1ccc(C#Cc2ccc(OC(=O)[C@H]3CC[C@H](C(=O)Oc4ccc(C#Cc5ccc(OCCOCCOC)cc5)cc4)CC3)cc2)cc1. The number of rotatable bonds is 18. The number of carbonyl (C=O) groups excluding carboxylic acids is 2. The van der Waals surface area contributed by atoms with Gasteiger partial charge >= 0.3 is 11.9 Å². The lowest BCUT2D eigenvalue weighted by Crippen LogP contribution is -2.30. The smallest absolute Gasteiger partial charge is 0.314 e. The van der Waals surface area contributed by atoms with Crippen molar-refractivity contribution >= 4 is 11.9 Å². The molecule has 0 bridgehead atoms. The van der Waals surface area contributed by atoms with Crippen LogP contribution in [0.3, 0.4) is 0 Å². The van der Waals surface area contributed by atoms with Gasteiger partial charge < -0.3 is 37.9 Å². The molecule has 56 heavy (non-hydrogen) atoms. The molecule has 5 rings (SSSR count). The van der Waals surface area contributed by atoms with E-state index in [0.29, 0.717) is 90.0 Å². The zero-order valence-corrected chi connectivity index (χ0v) is 32.0. The number of hydrogen-bond donors (Lipinski definition) is 0. The summed E-state index contributed by atoms with van der Waals surface area (Å²) in [5.74, 6) is 13.8. The lowest BCUT2D eigenvalue weighted by Gasteiger charge is -2.25. The van der Waals surface area contributed by atoms with Gasteiger partial charge in [-0.15, -0.1) is 0 Å². The molecule has 4 aromatic carbocycles. The second kappa shape index (κ2) is 23.3. The summed E-state index contributed by atoms with van der Waals surface area (Å²) in [5.41, 5.74) is 3.30. The topological polar surface area (TPSA) is 108 Å². The maximum atomic E-state index is 12.9. The molecule has 0 radical (unpaired) electrons. The third-order valence-corrected chi connectivity index (χ3v) is 8.81. The van der Waals surface area contributed by atoms with E-state index in [2.05, 4.69) is 23.7 Å². The van der Waals surface area contributed by atoms with Crippen LogP contribution in [0.2, 0.25) is 0 Å². The molecule has 0 unspecified atom stereocenters. The van der Waals surface area contributed by atoms with Crippen LogP contribution in [0.5, 0.6) is 23.0 Å². The first kappa shape index (κ1) is 41.5. The fraction of sp³-hybridized carbons (Fsp3) is 0.348. The first-order valence-corrected chi connectivity index (χ1v) is 18.8. The van der Waals surface area contributed by atoms with Crippen LogP contribution in [-0.2, 0) is 28.5 Å². The molecule has 1 aliphatic rings. The fourth-order valence-electron chi connectivity index (χ4n) is 5.66. The Kier molecular flexibility index (Phi) is 17.3. The van der Waals surface area contributed by atoms with Gasteiger partial charge in [0.2, 0.25) is 0 Å². The number of carbonyl (C=O) groups is 2. The van der Waals surface area contributed by atoms with Gasteiger partial charge in [-0.05, 0) is 123 Å². The monoisotopic (exact) mass is 760 g/mol. The summed E-state index contributed by atoms with van der Waals surface area (Å²) in [5, 5.41) is 0. The molecule has 0 spiro atoms. The van der Waals surface area contributed by atoms with E-state index >= 15 is 0 Å². The van der Waals surface area contributed by atoms with Crippen LogP contribution in [0.25, 0.3) is 0 Å². The van der Waals surface area contributed by atoms with Crippen molar-refractivity contribution in [1.82, 2.24) is 0 Å². The van der Waals surface area contributed by atoms with E-state index in [0.717, 1.165) is 33.8 Å². The molecular weight excluding hydrogens is 712 g/mol. The van der Waals surface area contributed by atoms with E-state index in [1.807, 2.05) is 72.8 Å². The van der Waals surface area contributed by atoms with Crippen LogP contribution in [0.15, 0.2) is 97.1 Å². The Bertz CT molecular complexity index is 1760. The number of methoxy groups -OCH3 is 2. The number of benzene rings is 4. The molecule has 0 N–H and O–H groups in total. The summed E-state index contributed by atoms with van der Waals surface area (Å²) < 4.78 is 43.4. The Morgan fingerprint density at radius 1 is 0.429 bits per heavy atom. The Hall–Kier alpha value is -5.62. The average Bonchev–Trinajstić information content (AvgIpc) is 3.23. The van der Waals surface area contributed by atoms with Crippen molar-refractivity contribution in [2.45, 2.75) is 25.7 Å². The van der Waals surface area contributed by atoms with Crippen molar-refractivity contribution in [3.8, 4) is 46.7 Å². The van der Waals surface area contributed by atoms with E-state index < -0.39 is 0 Å². The largest absolute Gasteiger partial charge is 0.491 e. The standard InChI is InChI=1S/C46H48O10/c1-49-27-29-51-31-33-53-41-19-7-35(8-20-41)3-5-37-11-23-43(24-12-37)55-45(47)39-15-17-40(18-16-39)46(48)56-44-25-13-38(14-26-44)6-4-36-9-21-42(22-10-36)54-34-32-52-30-28-50-2/h7-14,19-26,39-40H,15-18,27-34H2,1-2H3/t39-,40-. The van der Waals surface area contributed by atoms with Crippen LogP contribution >= 0.6 is 0 Å². The third-order valence-electron chi connectivity index (χ3n) is 8.81. The van der Waals surface area contributed by atoms with Gasteiger partial charge in [-0.25, -0.2) is 0 Å². The minimum atomic E-state index is -0.292. The van der Waals surface area contributed by atoms with Gasteiger partial charge in [-0.1, -0.05) is 23.7 Å². The van der Waals surface area contributed by atoms with Crippen LogP contribution in [0.4, 0.5) is 0 Å². The molecule has 4 aromatic rings. The molecule has 0 aliphatic heterocycles. The minimum Gasteiger partial charge on any atom is -0.491 e. The summed E-state index contributed by atoms with van der Waals surface area (Å²) >= 11 is 0. The summed E-state index contributed by atoms with van der Waals surface area (Å²) in [6.07, 6.45) is 2.22. The molecule has 292 valence electrons. The van der Waals surface area contributed by atoms with E-state index in [-0.39, 0.29) is 23.8 Å². The van der Waals surface area contributed by atoms with Crippen molar-refractivity contribution in [3.63, 3.8) is 0 Å². The Balaban J connectivity index is 0.988. The first-order valence-electron chi connectivity index (χ1n) is 18.8. The fourth-order valence-corrected chi connectivity index (χ4v) is 5.66. The van der Waals surface area contributed by atoms with Gasteiger partial charge in [0, 0.05) is 36.5 Å². The molecule has 0 saturated heterocycles. The lowest BCUT2D eigenvalue weighted by molar-refractivity contribution is -0.145. The van der Waals surface area contributed by atoms with E-state index in [9.17, 15) is 9.59 Å². The van der Waals surface area contributed by atoms with E-state index in [1.165, 1.54) is 0 Å². The minimum absolute atomic E-state index is 0.277. The molecule has 0 heterocycles. The summed E-state index contributed by atoms with van der Waals surface area (Å²) in [4.78, 5) is 25.9. The highest BCUT2D eigenvalue weighted by atomic mass is 16.6. The molecule has 10 nitrogen and oxygen atoms in total. The normalized spacial score (nSPS) is 14.7. The maximum Gasteiger partial charge on any atom is 0.314 e. The van der Waals surface area contributed by atoms with Gasteiger partial charge in [0.1, 0.15) is 36.2 Å². The van der Waals surface area contributed by atoms with Gasteiger partial charge in [-0.2, -0.15) is 0 Å². The Labute approximate surface area is 329 Å². The van der Waals surface area contributed by atoms with E-state index in [4.69, 9.17) is 37.9 Å². The molecule has 0 aromatic heterocycles. The number of esters is 2. The van der Waals surface area contributed by atoms with Gasteiger partial charge in [-0.3, -0.25) is 9.59 Å². The van der Waals surface area contributed by atoms with Crippen molar-refractivity contribution < 1.29 is 47.5 Å². The summed E-state index contributed by atoms with van der Waals surface area (Å²) in [6, 6.07) is 29.3. The van der Waals surface area contributed by atoms with Crippen LogP contribution in [-0.4, -0.2) is 79.0 Å². The predicted molar refractivity (Wildman–Crippen MR) is 211 cm³/mol. The van der Waals surface area contributed by atoms with Crippen molar-refractivity contribution in [1.29, 1.82) is 0 Å². The van der Waals surface area contributed by atoms with Crippen molar-refractivity contribution in [2.24, 2.45) is 11.8 Å². The second-order valence-electron chi connectivity index (χ2n) is 12.9. The highest BCUT2D eigenvalue weighted by molar-refractivity contribution is 5.78. The first-order chi connectivity index (χ1) is 27.5. The predicted octanol–water partition coefficient (Wildman–Crippen LogP) is 6.89. The third kappa shape index (κ3) is 14.6. The molecule has 1 fully saturated rings. The van der Waals surface area contributed by atoms with Gasteiger partial charge in [0.15, 0.2) is 0 Å². The molecule has 0 amide bonds. The summed E-state index contributed by atoms with van der Waals surface area (Å²) in [6.45, 7) is 4.10. The Morgan fingerprint density at radius 2 is 0.714 bits per heavy atom. The van der Waals surface area contributed by atoms with Gasteiger partial charge in [0.25, 0.3) is 0 Å². The second-order valence-corrected chi connectivity index (χ2v) is 12.9. The molecular formula is C46H48O10. The highest BCUT2D eigenvalue weighted by Gasteiger charge is 2.32. The summed E-state index contributed by atoms with van der Waals surface area (Å²) in [7, 11) is 3.28. The quantitative estimate of drug-likeness (QED) is 0.0461.